The summed E-state index contributed by atoms with van der Waals surface area (Å²) in [7, 11) is 1.60. The fourth-order valence-electron chi connectivity index (χ4n) is 3.15. The van der Waals surface area contributed by atoms with E-state index in [1.807, 2.05) is 35.2 Å². The van der Waals surface area contributed by atoms with Crippen molar-refractivity contribution in [2.45, 2.75) is 0 Å². The third-order valence-electron chi connectivity index (χ3n) is 4.90. The quantitative estimate of drug-likeness (QED) is 0.733. The molecule has 0 aromatic heterocycles. The molecule has 2 amide bonds. The minimum Gasteiger partial charge on any atom is -0.497 e. The Bertz CT molecular complexity index is 787. The van der Waals surface area contributed by atoms with Gasteiger partial charge in [0.05, 0.1) is 7.11 Å². The zero-order valence-corrected chi connectivity index (χ0v) is 16.7. The predicted octanol–water partition coefficient (Wildman–Crippen LogP) is 1.65. The first-order valence-electron chi connectivity index (χ1n) is 9.76. The summed E-state index contributed by atoms with van der Waals surface area (Å²) < 4.78 is 10.6. The van der Waals surface area contributed by atoms with E-state index in [4.69, 9.17) is 9.47 Å². The van der Waals surface area contributed by atoms with Crippen LogP contribution in [0.2, 0.25) is 0 Å². The van der Waals surface area contributed by atoms with Crippen LogP contribution in [-0.2, 0) is 4.79 Å². The second kappa shape index (κ2) is 10.5. The lowest BCUT2D eigenvalue weighted by atomic mass is 10.2. The molecule has 1 heterocycles. The Morgan fingerprint density at radius 3 is 2.28 bits per heavy atom. The smallest absolute Gasteiger partial charge is 0.260 e. The van der Waals surface area contributed by atoms with Crippen LogP contribution in [0.15, 0.2) is 54.6 Å². The molecular formula is C22H27N3O4. The van der Waals surface area contributed by atoms with E-state index in [2.05, 4.69) is 10.2 Å². The van der Waals surface area contributed by atoms with E-state index in [0.29, 0.717) is 30.9 Å². The third-order valence-corrected chi connectivity index (χ3v) is 4.90. The number of ether oxygens (including phenoxy) is 2. The van der Waals surface area contributed by atoms with Crippen molar-refractivity contribution in [3.8, 4) is 11.5 Å². The van der Waals surface area contributed by atoms with Gasteiger partial charge >= 0.3 is 0 Å². The molecule has 0 aliphatic carbocycles. The van der Waals surface area contributed by atoms with Gasteiger partial charge in [0.2, 0.25) is 0 Å². The van der Waals surface area contributed by atoms with E-state index in [9.17, 15) is 9.59 Å². The van der Waals surface area contributed by atoms with Gasteiger partial charge in [0, 0.05) is 44.8 Å². The second-order valence-corrected chi connectivity index (χ2v) is 6.81. The summed E-state index contributed by atoms with van der Waals surface area (Å²) in [4.78, 5) is 28.6. The number of nitrogens with zero attached hydrogens (tertiary/aromatic N) is 2. The molecule has 2 aromatic rings. The van der Waals surface area contributed by atoms with Crippen molar-refractivity contribution in [1.82, 2.24) is 15.1 Å². The van der Waals surface area contributed by atoms with Crippen LogP contribution < -0.4 is 14.8 Å². The Kier molecular flexibility index (Phi) is 7.47. The lowest BCUT2D eigenvalue weighted by Crippen LogP contribution is -2.51. The summed E-state index contributed by atoms with van der Waals surface area (Å²) in [5.41, 5.74) is 0.611. The van der Waals surface area contributed by atoms with Crippen LogP contribution in [0.25, 0.3) is 0 Å². The van der Waals surface area contributed by atoms with E-state index in [1.54, 1.807) is 31.4 Å². The van der Waals surface area contributed by atoms with Crippen LogP contribution in [0.5, 0.6) is 11.5 Å². The maximum atomic E-state index is 12.3. The number of benzene rings is 2. The standard InChI is InChI=1S/C22H27N3O4/c1-28-19-9-7-18(8-10-19)22(27)23-11-12-24-13-15-25(16-14-24)21(26)17-29-20-5-3-2-4-6-20/h2-10H,11-17H2,1H3,(H,23,27). The van der Waals surface area contributed by atoms with Crippen molar-refractivity contribution < 1.29 is 19.1 Å². The van der Waals surface area contributed by atoms with Gasteiger partial charge in [0.1, 0.15) is 11.5 Å². The van der Waals surface area contributed by atoms with Crippen molar-refractivity contribution in [3.63, 3.8) is 0 Å². The number of carbonyl (C=O) groups is 2. The second-order valence-electron chi connectivity index (χ2n) is 6.81. The zero-order valence-electron chi connectivity index (χ0n) is 16.7. The highest BCUT2D eigenvalue weighted by molar-refractivity contribution is 5.94. The number of methoxy groups -OCH3 is 1. The van der Waals surface area contributed by atoms with Crippen LogP contribution in [0.1, 0.15) is 10.4 Å². The summed E-state index contributed by atoms with van der Waals surface area (Å²) in [6, 6.07) is 16.4. The molecule has 154 valence electrons. The van der Waals surface area contributed by atoms with Crippen molar-refractivity contribution in [2.24, 2.45) is 0 Å². The van der Waals surface area contributed by atoms with E-state index < -0.39 is 0 Å². The van der Waals surface area contributed by atoms with Gasteiger partial charge < -0.3 is 19.7 Å². The van der Waals surface area contributed by atoms with Gasteiger partial charge in [-0.3, -0.25) is 14.5 Å². The van der Waals surface area contributed by atoms with Crippen molar-refractivity contribution in [1.29, 1.82) is 0 Å². The maximum absolute atomic E-state index is 12.3. The molecule has 7 nitrogen and oxygen atoms in total. The van der Waals surface area contributed by atoms with Gasteiger partial charge in [-0.1, -0.05) is 18.2 Å². The molecule has 1 aliphatic rings. The minimum atomic E-state index is -0.0977. The monoisotopic (exact) mass is 397 g/mol. The number of amides is 2. The highest BCUT2D eigenvalue weighted by atomic mass is 16.5. The SMILES string of the molecule is COc1ccc(C(=O)NCCN2CCN(C(=O)COc3ccccc3)CC2)cc1. The van der Waals surface area contributed by atoms with Gasteiger partial charge in [0.25, 0.3) is 11.8 Å². The molecular weight excluding hydrogens is 370 g/mol. The normalized spacial score (nSPS) is 14.3. The Morgan fingerprint density at radius 2 is 1.62 bits per heavy atom. The maximum Gasteiger partial charge on any atom is 0.260 e. The largest absolute Gasteiger partial charge is 0.497 e. The Hall–Kier alpha value is -3.06. The number of hydrogen-bond donors (Lipinski definition) is 1. The van der Waals surface area contributed by atoms with Crippen LogP contribution in [-0.4, -0.2) is 74.6 Å². The zero-order chi connectivity index (χ0) is 20.5. The fourth-order valence-corrected chi connectivity index (χ4v) is 3.15. The van der Waals surface area contributed by atoms with E-state index in [-0.39, 0.29) is 18.4 Å². The van der Waals surface area contributed by atoms with Crippen LogP contribution in [0.4, 0.5) is 0 Å². The summed E-state index contributed by atoms with van der Waals surface area (Å²) in [5, 5.41) is 2.93. The number of hydrogen-bond acceptors (Lipinski definition) is 5. The third kappa shape index (κ3) is 6.22. The lowest BCUT2D eigenvalue weighted by Gasteiger charge is -2.34. The Morgan fingerprint density at radius 1 is 0.931 bits per heavy atom. The molecule has 1 aliphatic heterocycles. The van der Waals surface area contributed by atoms with Crippen molar-refractivity contribution in [2.75, 3.05) is 53.0 Å². The van der Waals surface area contributed by atoms with E-state index in [1.165, 1.54) is 0 Å². The van der Waals surface area contributed by atoms with E-state index in [0.717, 1.165) is 25.4 Å². The molecule has 0 bridgehead atoms. The van der Waals surface area contributed by atoms with Gasteiger partial charge in [-0.15, -0.1) is 0 Å². The molecule has 1 fully saturated rings. The first-order valence-corrected chi connectivity index (χ1v) is 9.76. The average Bonchev–Trinajstić information content (AvgIpc) is 2.78. The van der Waals surface area contributed by atoms with Gasteiger partial charge in [0.15, 0.2) is 6.61 Å². The molecule has 29 heavy (non-hydrogen) atoms. The molecule has 0 radical (unpaired) electrons. The summed E-state index contributed by atoms with van der Waals surface area (Å²) in [6.45, 7) is 4.29. The average molecular weight is 397 g/mol. The summed E-state index contributed by atoms with van der Waals surface area (Å²) in [5.74, 6) is 1.33. The van der Waals surface area contributed by atoms with Gasteiger partial charge in [-0.2, -0.15) is 0 Å². The number of nitrogens with one attached hydrogen (secondary N) is 1. The number of rotatable bonds is 8. The highest BCUT2D eigenvalue weighted by Crippen LogP contribution is 2.11. The van der Waals surface area contributed by atoms with Crippen LogP contribution in [0.3, 0.4) is 0 Å². The highest BCUT2D eigenvalue weighted by Gasteiger charge is 2.21. The Balaban J connectivity index is 1.33. The summed E-state index contributed by atoms with van der Waals surface area (Å²) in [6.07, 6.45) is 0. The number of piperazine rings is 1. The van der Waals surface area contributed by atoms with Gasteiger partial charge in [-0.05, 0) is 36.4 Å². The molecule has 0 atom stereocenters. The van der Waals surface area contributed by atoms with Crippen molar-refractivity contribution >= 4 is 11.8 Å². The molecule has 2 aromatic carbocycles. The lowest BCUT2D eigenvalue weighted by molar-refractivity contribution is -0.135. The van der Waals surface area contributed by atoms with E-state index >= 15 is 0 Å². The first kappa shape index (κ1) is 20.7. The number of carbonyl (C=O) groups excluding carboxylic acids is 2. The molecule has 0 spiro atoms. The number of para-hydroxylation sites is 1. The van der Waals surface area contributed by atoms with Crippen LogP contribution >= 0.6 is 0 Å². The van der Waals surface area contributed by atoms with Crippen LogP contribution in [0, 0.1) is 0 Å². The fraction of sp³-hybridized carbons (Fsp3) is 0.364. The molecule has 1 saturated heterocycles. The van der Waals surface area contributed by atoms with Crippen molar-refractivity contribution in [3.05, 3.63) is 60.2 Å². The van der Waals surface area contributed by atoms with Gasteiger partial charge in [-0.25, -0.2) is 0 Å². The predicted molar refractivity (Wildman–Crippen MR) is 110 cm³/mol. The Labute approximate surface area is 171 Å². The molecule has 0 saturated carbocycles. The molecule has 7 heteroatoms. The minimum absolute atomic E-state index is 0.00121. The molecule has 0 unspecified atom stereocenters. The first-order chi connectivity index (χ1) is 14.2. The molecule has 3 rings (SSSR count). The topological polar surface area (TPSA) is 71.1 Å². The summed E-state index contributed by atoms with van der Waals surface area (Å²) >= 11 is 0. The molecule has 1 N–H and O–H groups in total.